The summed E-state index contributed by atoms with van der Waals surface area (Å²) in [5.74, 6) is 1.02. The highest BCUT2D eigenvalue weighted by molar-refractivity contribution is 5.75. The molecule has 0 aliphatic heterocycles. The molecule has 0 aliphatic carbocycles. The number of hydrogen-bond donors (Lipinski definition) is 2. The summed E-state index contributed by atoms with van der Waals surface area (Å²) in [6, 6.07) is 0. The molecule has 0 bridgehead atoms. The maximum absolute atomic E-state index is 11.5. The van der Waals surface area contributed by atoms with Gasteiger partial charge in [-0.3, -0.25) is 9.48 Å². The van der Waals surface area contributed by atoms with Crippen LogP contribution in [0.5, 0.6) is 0 Å². The van der Waals surface area contributed by atoms with Crippen LogP contribution in [-0.4, -0.2) is 20.7 Å². The van der Waals surface area contributed by atoms with Gasteiger partial charge in [0.2, 0.25) is 11.8 Å². The van der Waals surface area contributed by atoms with Crippen molar-refractivity contribution >= 4 is 11.6 Å². The van der Waals surface area contributed by atoms with Crippen molar-refractivity contribution in [2.45, 2.75) is 20.0 Å². The van der Waals surface area contributed by atoms with Gasteiger partial charge in [-0.25, -0.2) is 4.98 Å². The number of rotatable bonds is 4. The second kappa shape index (κ2) is 4.69. The van der Waals surface area contributed by atoms with E-state index in [1.807, 2.05) is 0 Å². The molecule has 0 aromatic carbocycles. The molecule has 2 heterocycles. The number of carbonyl (C=O) groups excluding carboxylic acids is 1. The zero-order chi connectivity index (χ0) is 12.3. The number of hydrogen-bond acceptors (Lipinski definition) is 5. The molecule has 2 aromatic rings. The van der Waals surface area contributed by atoms with Crippen molar-refractivity contribution in [3.63, 3.8) is 0 Å². The van der Waals surface area contributed by atoms with Gasteiger partial charge in [0.1, 0.15) is 12.3 Å². The third-order valence-corrected chi connectivity index (χ3v) is 2.06. The standard InChI is InChI=1S/C10H13N5O2/c1-7-2-13-10(17-7)4-12-9(16)6-15-5-8(11)3-14-15/h2-3,5H,4,6,11H2,1H3,(H,12,16). The van der Waals surface area contributed by atoms with Gasteiger partial charge in [-0.2, -0.15) is 5.10 Å². The van der Waals surface area contributed by atoms with Crippen molar-refractivity contribution in [3.8, 4) is 0 Å². The molecule has 0 atom stereocenters. The van der Waals surface area contributed by atoms with Crippen LogP contribution >= 0.6 is 0 Å². The number of anilines is 1. The Labute approximate surface area is 97.6 Å². The first-order valence-electron chi connectivity index (χ1n) is 5.09. The molecule has 3 N–H and O–H groups in total. The lowest BCUT2D eigenvalue weighted by Crippen LogP contribution is -2.27. The summed E-state index contributed by atoms with van der Waals surface area (Å²) in [4.78, 5) is 15.5. The van der Waals surface area contributed by atoms with Crippen molar-refractivity contribution in [1.29, 1.82) is 0 Å². The van der Waals surface area contributed by atoms with Crippen molar-refractivity contribution < 1.29 is 9.21 Å². The summed E-state index contributed by atoms with van der Waals surface area (Å²) in [5, 5.41) is 6.58. The predicted molar refractivity (Wildman–Crippen MR) is 59.7 cm³/mol. The lowest BCUT2D eigenvalue weighted by Gasteiger charge is -2.02. The zero-order valence-corrected chi connectivity index (χ0v) is 9.38. The molecule has 0 aliphatic rings. The normalized spacial score (nSPS) is 10.4. The molecular formula is C10H13N5O2. The minimum atomic E-state index is -0.177. The molecular weight excluding hydrogens is 222 g/mol. The van der Waals surface area contributed by atoms with E-state index in [2.05, 4.69) is 15.4 Å². The highest BCUT2D eigenvalue weighted by Gasteiger charge is 2.06. The molecule has 0 radical (unpaired) electrons. The minimum absolute atomic E-state index is 0.122. The summed E-state index contributed by atoms with van der Waals surface area (Å²) in [5.41, 5.74) is 6.01. The summed E-state index contributed by atoms with van der Waals surface area (Å²) in [7, 11) is 0. The van der Waals surface area contributed by atoms with Gasteiger partial charge >= 0.3 is 0 Å². The second-order valence-electron chi connectivity index (χ2n) is 3.61. The van der Waals surface area contributed by atoms with Crippen molar-refractivity contribution in [1.82, 2.24) is 20.1 Å². The highest BCUT2D eigenvalue weighted by atomic mass is 16.4. The van der Waals surface area contributed by atoms with E-state index in [0.29, 0.717) is 17.3 Å². The van der Waals surface area contributed by atoms with Gasteiger partial charge in [0.05, 0.1) is 24.6 Å². The Kier molecular flexibility index (Phi) is 3.08. The molecule has 0 unspecified atom stereocenters. The summed E-state index contributed by atoms with van der Waals surface area (Å²) < 4.78 is 6.68. The molecule has 2 rings (SSSR count). The Balaban J connectivity index is 1.82. The van der Waals surface area contributed by atoms with Crippen LogP contribution < -0.4 is 11.1 Å². The first kappa shape index (κ1) is 11.2. The molecule has 7 heteroatoms. The van der Waals surface area contributed by atoms with E-state index in [4.69, 9.17) is 10.2 Å². The second-order valence-corrected chi connectivity index (χ2v) is 3.61. The molecule has 0 saturated carbocycles. The Morgan fingerprint density at radius 2 is 2.41 bits per heavy atom. The first-order chi connectivity index (χ1) is 8.13. The Bertz CT molecular complexity index is 516. The van der Waals surface area contributed by atoms with Gasteiger partial charge in [-0.1, -0.05) is 0 Å². The molecule has 0 spiro atoms. The van der Waals surface area contributed by atoms with E-state index >= 15 is 0 Å². The molecule has 17 heavy (non-hydrogen) atoms. The first-order valence-corrected chi connectivity index (χ1v) is 5.09. The van der Waals surface area contributed by atoms with E-state index in [-0.39, 0.29) is 19.0 Å². The zero-order valence-electron chi connectivity index (χ0n) is 9.38. The number of aryl methyl sites for hydroxylation is 1. The van der Waals surface area contributed by atoms with E-state index in [9.17, 15) is 4.79 Å². The van der Waals surface area contributed by atoms with E-state index < -0.39 is 0 Å². The average molecular weight is 235 g/mol. The topological polar surface area (TPSA) is 99.0 Å². The maximum Gasteiger partial charge on any atom is 0.242 e. The molecule has 0 fully saturated rings. The smallest absolute Gasteiger partial charge is 0.242 e. The molecule has 7 nitrogen and oxygen atoms in total. The third kappa shape index (κ3) is 3.07. The Morgan fingerprint density at radius 1 is 1.59 bits per heavy atom. The average Bonchev–Trinajstić information content (AvgIpc) is 2.85. The van der Waals surface area contributed by atoms with Crippen LogP contribution in [0.3, 0.4) is 0 Å². The monoisotopic (exact) mass is 235 g/mol. The Hall–Kier alpha value is -2.31. The largest absolute Gasteiger partial charge is 0.444 e. The van der Waals surface area contributed by atoms with Gasteiger partial charge in [-0.15, -0.1) is 0 Å². The van der Waals surface area contributed by atoms with Crippen LogP contribution in [-0.2, 0) is 17.9 Å². The lowest BCUT2D eigenvalue weighted by molar-refractivity contribution is -0.122. The van der Waals surface area contributed by atoms with Crippen LogP contribution in [0, 0.1) is 6.92 Å². The third-order valence-electron chi connectivity index (χ3n) is 2.06. The molecule has 2 aromatic heterocycles. The van der Waals surface area contributed by atoms with Crippen molar-refractivity contribution in [3.05, 3.63) is 30.2 Å². The molecule has 90 valence electrons. The number of nitrogens with one attached hydrogen (secondary N) is 1. The number of nitrogens with two attached hydrogens (primary N) is 1. The van der Waals surface area contributed by atoms with Crippen LogP contribution in [0.1, 0.15) is 11.7 Å². The molecule has 0 saturated heterocycles. The molecule has 1 amide bonds. The number of amides is 1. The number of nitrogen functional groups attached to an aromatic ring is 1. The van der Waals surface area contributed by atoms with E-state index in [1.54, 1.807) is 19.3 Å². The summed E-state index contributed by atoms with van der Waals surface area (Å²) in [6.45, 7) is 2.19. The maximum atomic E-state index is 11.5. The number of aromatic nitrogens is 3. The van der Waals surface area contributed by atoms with Gasteiger partial charge in [0.25, 0.3) is 0 Å². The van der Waals surface area contributed by atoms with Crippen LogP contribution in [0.15, 0.2) is 23.0 Å². The minimum Gasteiger partial charge on any atom is -0.444 e. The van der Waals surface area contributed by atoms with E-state index in [0.717, 1.165) is 0 Å². The number of oxazole rings is 1. The van der Waals surface area contributed by atoms with Crippen LogP contribution in [0.4, 0.5) is 5.69 Å². The van der Waals surface area contributed by atoms with Gasteiger partial charge in [0.15, 0.2) is 0 Å². The number of nitrogens with zero attached hydrogens (tertiary/aromatic N) is 3. The van der Waals surface area contributed by atoms with Gasteiger partial charge < -0.3 is 15.5 Å². The van der Waals surface area contributed by atoms with Gasteiger partial charge in [0, 0.05) is 6.20 Å². The fraction of sp³-hybridized carbons (Fsp3) is 0.300. The Morgan fingerprint density at radius 3 is 3.00 bits per heavy atom. The quantitative estimate of drug-likeness (QED) is 0.781. The van der Waals surface area contributed by atoms with Crippen LogP contribution in [0.2, 0.25) is 0 Å². The number of carbonyl (C=O) groups is 1. The fourth-order valence-corrected chi connectivity index (χ4v) is 1.33. The van der Waals surface area contributed by atoms with Crippen molar-refractivity contribution in [2.24, 2.45) is 0 Å². The van der Waals surface area contributed by atoms with E-state index in [1.165, 1.54) is 10.9 Å². The highest BCUT2D eigenvalue weighted by Crippen LogP contribution is 2.01. The van der Waals surface area contributed by atoms with Gasteiger partial charge in [-0.05, 0) is 6.92 Å². The fourth-order valence-electron chi connectivity index (χ4n) is 1.33. The summed E-state index contributed by atoms with van der Waals surface area (Å²) in [6.07, 6.45) is 4.69. The predicted octanol–water partition coefficient (Wildman–Crippen LogP) is 0.0781. The summed E-state index contributed by atoms with van der Waals surface area (Å²) >= 11 is 0. The SMILES string of the molecule is Cc1cnc(CNC(=O)Cn2cc(N)cn2)o1. The van der Waals surface area contributed by atoms with Crippen molar-refractivity contribution in [2.75, 3.05) is 5.73 Å². The van der Waals surface area contributed by atoms with Crippen LogP contribution in [0.25, 0.3) is 0 Å². The lowest BCUT2D eigenvalue weighted by atomic mass is 10.5.